The Morgan fingerprint density at radius 3 is 2.64 bits per heavy atom. The van der Waals surface area contributed by atoms with Crippen molar-refractivity contribution < 1.29 is 9.90 Å². The fourth-order valence-corrected chi connectivity index (χ4v) is 2.16. The molecule has 14 heavy (non-hydrogen) atoms. The minimum Gasteiger partial charge on any atom is -0.481 e. The molecule has 0 aliphatic heterocycles. The summed E-state index contributed by atoms with van der Waals surface area (Å²) in [6, 6.07) is 5.19. The standard InChI is InChI=1S/C10H8Cl2O2/c11-5-1-2-6(9(12)3-5)7-4-8(7)10(13)14/h1-3,7-8H,4H2,(H,13,14)/t7-,8+/m0/s1. The molecule has 1 aromatic carbocycles. The van der Waals surface area contributed by atoms with Gasteiger partial charge in [0.15, 0.2) is 0 Å². The van der Waals surface area contributed by atoms with Crippen molar-refractivity contribution in [2.24, 2.45) is 5.92 Å². The molecule has 2 atom stereocenters. The Hall–Kier alpha value is -0.730. The molecule has 0 radical (unpaired) electrons. The van der Waals surface area contributed by atoms with Crippen molar-refractivity contribution in [1.29, 1.82) is 0 Å². The van der Waals surface area contributed by atoms with Gasteiger partial charge in [0.05, 0.1) is 5.92 Å². The van der Waals surface area contributed by atoms with Crippen LogP contribution in [0.15, 0.2) is 18.2 Å². The second-order valence-electron chi connectivity index (χ2n) is 3.45. The Labute approximate surface area is 91.4 Å². The lowest BCUT2D eigenvalue weighted by atomic mass is 10.1. The molecule has 0 bridgehead atoms. The summed E-state index contributed by atoms with van der Waals surface area (Å²) in [6.45, 7) is 0. The summed E-state index contributed by atoms with van der Waals surface area (Å²) in [5.74, 6) is -0.952. The van der Waals surface area contributed by atoms with E-state index in [0.717, 1.165) is 5.56 Å². The lowest BCUT2D eigenvalue weighted by molar-refractivity contribution is -0.138. The fraction of sp³-hybridized carbons (Fsp3) is 0.300. The van der Waals surface area contributed by atoms with E-state index >= 15 is 0 Å². The van der Waals surface area contributed by atoms with Crippen molar-refractivity contribution in [1.82, 2.24) is 0 Å². The summed E-state index contributed by atoms with van der Waals surface area (Å²) >= 11 is 11.7. The van der Waals surface area contributed by atoms with Gasteiger partial charge in [0, 0.05) is 10.0 Å². The summed E-state index contributed by atoms with van der Waals surface area (Å²) in [6.07, 6.45) is 0.677. The monoisotopic (exact) mass is 230 g/mol. The van der Waals surface area contributed by atoms with Crippen molar-refractivity contribution >= 4 is 29.2 Å². The van der Waals surface area contributed by atoms with Gasteiger partial charge < -0.3 is 5.11 Å². The third-order valence-corrected chi connectivity index (χ3v) is 3.03. The summed E-state index contributed by atoms with van der Waals surface area (Å²) < 4.78 is 0. The maximum absolute atomic E-state index is 10.7. The molecule has 74 valence electrons. The van der Waals surface area contributed by atoms with Crippen LogP contribution >= 0.6 is 23.2 Å². The van der Waals surface area contributed by atoms with Gasteiger partial charge in [-0.05, 0) is 30.0 Å². The number of halogens is 2. The molecule has 0 unspecified atom stereocenters. The quantitative estimate of drug-likeness (QED) is 0.848. The Kier molecular flexibility index (Phi) is 2.41. The molecule has 1 aliphatic rings. The molecular formula is C10H8Cl2O2. The van der Waals surface area contributed by atoms with Crippen LogP contribution in [-0.4, -0.2) is 11.1 Å². The predicted molar refractivity (Wildman–Crippen MR) is 54.9 cm³/mol. The first-order valence-electron chi connectivity index (χ1n) is 4.27. The van der Waals surface area contributed by atoms with Gasteiger partial charge in [-0.2, -0.15) is 0 Å². The van der Waals surface area contributed by atoms with Gasteiger partial charge in [0.2, 0.25) is 0 Å². The first-order valence-corrected chi connectivity index (χ1v) is 5.03. The highest BCUT2D eigenvalue weighted by Crippen LogP contribution is 2.49. The SMILES string of the molecule is O=C(O)[C@@H]1C[C@H]1c1ccc(Cl)cc1Cl. The molecule has 1 N–H and O–H groups in total. The van der Waals surface area contributed by atoms with Crippen LogP contribution < -0.4 is 0 Å². The van der Waals surface area contributed by atoms with E-state index < -0.39 is 5.97 Å². The van der Waals surface area contributed by atoms with Gasteiger partial charge in [0.25, 0.3) is 0 Å². The second-order valence-corrected chi connectivity index (χ2v) is 4.30. The van der Waals surface area contributed by atoms with Crippen LogP contribution in [0, 0.1) is 5.92 Å². The molecule has 0 saturated heterocycles. The number of aliphatic carboxylic acids is 1. The van der Waals surface area contributed by atoms with Crippen LogP contribution in [0.5, 0.6) is 0 Å². The number of hydrogen-bond donors (Lipinski definition) is 1. The molecule has 2 rings (SSSR count). The molecule has 4 heteroatoms. The number of rotatable bonds is 2. The van der Waals surface area contributed by atoms with Crippen LogP contribution in [0.3, 0.4) is 0 Å². The van der Waals surface area contributed by atoms with Crippen molar-refractivity contribution in [2.45, 2.75) is 12.3 Å². The van der Waals surface area contributed by atoms with E-state index in [0.29, 0.717) is 16.5 Å². The highest BCUT2D eigenvalue weighted by Gasteiger charge is 2.44. The maximum atomic E-state index is 10.7. The normalized spacial score (nSPS) is 24.7. The highest BCUT2D eigenvalue weighted by molar-refractivity contribution is 6.35. The minimum atomic E-state index is -0.749. The molecule has 0 spiro atoms. The first kappa shape index (κ1) is 9.81. The lowest BCUT2D eigenvalue weighted by Crippen LogP contribution is -1.99. The molecule has 0 amide bonds. The Bertz CT molecular complexity index is 390. The van der Waals surface area contributed by atoms with E-state index in [-0.39, 0.29) is 11.8 Å². The van der Waals surface area contributed by atoms with Crippen molar-refractivity contribution in [3.8, 4) is 0 Å². The van der Waals surface area contributed by atoms with Crippen molar-refractivity contribution in [3.05, 3.63) is 33.8 Å². The third kappa shape index (κ3) is 1.72. The molecule has 1 aliphatic carbocycles. The predicted octanol–water partition coefficient (Wildman–Crippen LogP) is 3.18. The second kappa shape index (κ2) is 3.44. The number of hydrogen-bond acceptors (Lipinski definition) is 1. The molecule has 1 saturated carbocycles. The molecule has 2 nitrogen and oxygen atoms in total. The van der Waals surface area contributed by atoms with Crippen LogP contribution in [0.1, 0.15) is 17.9 Å². The summed E-state index contributed by atoms with van der Waals surface area (Å²) in [5, 5.41) is 9.90. The smallest absolute Gasteiger partial charge is 0.307 e. The van der Waals surface area contributed by atoms with Crippen LogP contribution in [-0.2, 0) is 4.79 Å². The van der Waals surface area contributed by atoms with E-state index in [9.17, 15) is 4.79 Å². The first-order chi connectivity index (χ1) is 6.59. The highest BCUT2D eigenvalue weighted by atomic mass is 35.5. The van der Waals surface area contributed by atoms with E-state index in [2.05, 4.69) is 0 Å². The average Bonchev–Trinajstić information content (AvgIpc) is 2.83. The largest absolute Gasteiger partial charge is 0.481 e. The van der Waals surface area contributed by atoms with E-state index in [1.165, 1.54) is 0 Å². The maximum Gasteiger partial charge on any atom is 0.307 e. The molecule has 1 aromatic rings. The average molecular weight is 231 g/mol. The van der Waals surface area contributed by atoms with Crippen LogP contribution in [0.2, 0.25) is 10.0 Å². The number of benzene rings is 1. The molecular weight excluding hydrogens is 223 g/mol. The number of carboxylic acids is 1. The number of carboxylic acid groups (broad SMARTS) is 1. The minimum absolute atomic E-state index is 0.0669. The molecule has 0 aromatic heterocycles. The van der Waals surface area contributed by atoms with Gasteiger partial charge in [-0.15, -0.1) is 0 Å². The zero-order valence-corrected chi connectivity index (χ0v) is 8.72. The Morgan fingerprint density at radius 1 is 1.43 bits per heavy atom. The summed E-state index contributed by atoms with van der Waals surface area (Å²) in [7, 11) is 0. The number of carbonyl (C=O) groups is 1. The molecule has 1 fully saturated rings. The van der Waals surface area contributed by atoms with E-state index in [1.54, 1.807) is 18.2 Å². The van der Waals surface area contributed by atoms with Crippen LogP contribution in [0.25, 0.3) is 0 Å². The van der Waals surface area contributed by atoms with Crippen molar-refractivity contribution in [2.75, 3.05) is 0 Å². The van der Waals surface area contributed by atoms with Crippen molar-refractivity contribution in [3.63, 3.8) is 0 Å². The zero-order chi connectivity index (χ0) is 10.3. The van der Waals surface area contributed by atoms with Crippen LogP contribution in [0.4, 0.5) is 0 Å². The zero-order valence-electron chi connectivity index (χ0n) is 7.21. The van der Waals surface area contributed by atoms with E-state index in [1.807, 2.05) is 0 Å². The third-order valence-electron chi connectivity index (χ3n) is 2.47. The molecule has 0 heterocycles. The van der Waals surface area contributed by atoms with Gasteiger partial charge in [-0.3, -0.25) is 4.79 Å². The summed E-state index contributed by atoms with van der Waals surface area (Å²) in [4.78, 5) is 10.7. The Morgan fingerprint density at radius 2 is 2.14 bits per heavy atom. The van der Waals surface area contributed by atoms with Gasteiger partial charge in [0.1, 0.15) is 0 Å². The van der Waals surface area contributed by atoms with Gasteiger partial charge in [-0.25, -0.2) is 0 Å². The lowest BCUT2D eigenvalue weighted by Gasteiger charge is -2.02. The topological polar surface area (TPSA) is 37.3 Å². The van der Waals surface area contributed by atoms with Gasteiger partial charge >= 0.3 is 5.97 Å². The summed E-state index contributed by atoms with van der Waals surface area (Å²) in [5.41, 5.74) is 0.892. The fourth-order valence-electron chi connectivity index (χ4n) is 1.61. The van der Waals surface area contributed by atoms with E-state index in [4.69, 9.17) is 28.3 Å². The Balaban J connectivity index is 2.23. The van der Waals surface area contributed by atoms with Gasteiger partial charge in [-0.1, -0.05) is 29.3 Å².